The second-order valence-corrected chi connectivity index (χ2v) is 8.29. The van der Waals surface area contributed by atoms with E-state index in [4.69, 9.17) is 16.1 Å². The van der Waals surface area contributed by atoms with Crippen LogP contribution >= 0.6 is 22.9 Å². The van der Waals surface area contributed by atoms with Crippen molar-refractivity contribution >= 4 is 50.0 Å². The van der Waals surface area contributed by atoms with Gasteiger partial charge in [0.1, 0.15) is 22.4 Å². The lowest BCUT2D eigenvalue weighted by Crippen LogP contribution is -2.36. The first kappa shape index (κ1) is 18.9. The van der Waals surface area contributed by atoms with Gasteiger partial charge in [-0.25, -0.2) is 15.0 Å². The molecule has 0 aliphatic carbocycles. The molecule has 11 heteroatoms. The van der Waals surface area contributed by atoms with Crippen molar-refractivity contribution in [2.45, 2.75) is 12.0 Å². The zero-order valence-electron chi connectivity index (χ0n) is 15.7. The maximum atomic E-state index is 12.3. The van der Waals surface area contributed by atoms with Crippen molar-refractivity contribution in [2.24, 2.45) is 0 Å². The number of thiazole rings is 1. The third-order valence-corrected chi connectivity index (χ3v) is 6.15. The number of rotatable bonds is 4. The lowest BCUT2D eigenvalue weighted by Gasteiger charge is -2.16. The molecule has 9 nitrogen and oxygen atoms in total. The van der Waals surface area contributed by atoms with Crippen LogP contribution in [0.1, 0.15) is 12.1 Å². The van der Waals surface area contributed by atoms with Crippen molar-refractivity contribution in [2.75, 3.05) is 18.9 Å². The van der Waals surface area contributed by atoms with Gasteiger partial charge in [-0.2, -0.15) is 0 Å². The van der Waals surface area contributed by atoms with E-state index in [1.165, 1.54) is 22.6 Å². The highest BCUT2D eigenvalue weighted by molar-refractivity contribution is 7.21. The fourth-order valence-electron chi connectivity index (χ4n) is 3.35. The molecule has 0 radical (unpaired) electrons. The van der Waals surface area contributed by atoms with Gasteiger partial charge in [-0.1, -0.05) is 40.2 Å². The van der Waals surface area contributed by atoms with Gasteiger partial charge < -0.3 is 19.8 Å². The summed E-state index contributed by atoms with van der Waals surface area (Å²) in [7, 11) is 1.65. The fourth-order valence-corrected chi connectivity index (χ4v) is 4.41. The summed E-state index contributed by atoms with van der Waals surface area (Å²) < 4.78 is 5.42. The molecule has 0 unspecified atom stereocenters. The van der Waals surface area contributed by atoms with Crippen LogP contribution < -0.4 is 5.32 Å². The highest BCUT2D eigenvalue weighted by Gasteiger charge is 2.47. The van der Waals surface area contributed by atoms with Gasteiger partial charge in [0.05, 0.1) is 0 Å². The molecule has 4 aromatic rings. The Morgan fingerprint density at radius 3 is 2.97 bits per heavy atom. The Morgan fingerprint density at radius 1 is 1.33 bits per heavy atom. The molecule has 0 spiro atoms. The van der Waals surface area contributed by atoms with E-state index >= 15 is 0 Å². The lowest BCUT2D eigenvalue weighted by atomic mass is 9.97. The minimum atomic E-state index is -1.65. The normalized spacial score (nSPS) is 19.0. The van der Waals surface area contributed by atoms with Crippen molar-refractivity contribution in [3.8, 4) is 11.3 Å². The monoisotopic (exact) mass is 442 g/mol. The van der Waals surface area contributed by atoms with E-state index in [-0.39, 0.29) is 18.0 Å². The van der Waals surface area contributed by atoms with Crippen LogP contribution in [-0.4, -0.2) is 49.6 Å². The van der Waals surface area contributed by atoms with E-state index in [0.29, 0.717) is 32.9 Å². The number of carbonyl (C=O) groups excluding carboxylic acids is 1. The predicted molar refractivity (Wildman–Crippen MR) is 112 cm³/mol. The molecular formula is C19H15ClN6O3S. The Bertz CT molecular complexity index is 1270. The molecule has 2 N–H and O–H groups in total. The van der Waals surface area contributed by atoms with Crippen molar-refractivity contribution in [3.63, 3.8) is 0 Å². The molecular weight excluding hydrogens is 428 g/mol. The van der Waals surface area contributed by atoms with Crippen LogP contribution in [-0.2, 0) is 10.4 Å². The molecule has 1 aliphatic rings. The van der Waals surface area contributed by atoms with E-state index in [1.54, 1.807) is 13.1 Å². The molecule has 1 fully saturated rings. The van der Waals surface area contributed by atoms with Gasteiger partial charge in [0.25, 0.3) is 5.91 Å². The van der Waals surface area contributed by atoms with Crippen molar-refractivity contribution in [1.29, 1.82) is 0 Å². The number of halogens is 1. The third kappa shape index (κ3) is 3.09. The number of aromatic nitrogens is 4. The second-order valence-electron chi connectivity index (χ2n) is 6.96. The highest BCUT2D eigenvalue weighted by Crippen LogP contribution is 2.35. The van der Waals surface area contributed by atoms with Crippen molar-refractivity contribution < 1.29 is 14.4 Å². The summed E-state index contributed by atoms with van der Waals surface area (Å²) >= 11 is 7.42. The Morgan fingerprint density at radius 2 is 2.20 bits per heavy atom. The smallest absolute Gasteiger partial charge is 0.260 e. The second kappa shape index (κ2) is 7.01. The Hall–Kier alpha value is -3.08. The maximum absolute atomic E-state index is 12.3. The number of hydrogen-bond donors (Lipinski definition) is 2. The zero-order valence-corrected chi connectivity index (χ0v) is 17.2. The molecule has 30 heavy (non-hydrogen) atoms. The number of likely N-dealkylation sites (N-methyl/N-ethyl adjacent to an activating group) is 1. The van der Waals surface area contributed by atoms with Gasteiger partial charge in [0, 0.05) is 37.3 Å². The number of anilines is 2. The molecule has 1 amide bonds. The van der Waals surface area contributed by atoms with Gasteiger partial charge in [-0.15, -0.1) is 0 Å². The minimum absolute atomic E-state index is 0.213. The van der Waals surface area contributed by atoms with Gasteiger partial charge in [0.2, 0.25) is 0 Å². The van der Waals surface area contributed by atoms with Crippen LogP contribution in [0.5, 0.6) is 0 Å². The number of benzene rings is 1. The quantitative estimate of drug-likeness (QED) is 0.463. The Labute approximate surface area is 179 Å². The van der Waals surface area contributed by atoms with E-state index in [1.807, 2.05) is 24.3 Å². The van der Waals surface area contributed by atoms with Gasteiger partial charge in [0.15, 0.2) is 21.6 Å². The first-order chi connectivity index (χ1) is 14.4. The summed E-state index contributed by atoms with van der Waals surface area (Å²) in [6.07, 6.45) is 1.68. The first-order valence-electron chi connectivity index (χ1n) is 9.04. The number of nitrogens with zero attached hydrogens (tertiary/aromatic N) is 5. The first-order valence-corrected chi connectivity index (χ1v) is 10.2. The van der Waals surface area contributed by atoms with E-state index in [0.717, 1.165) is 11.3 Å². The number of hydrogen-bond acceptors (Lipinski definition) is 9. The molecule has 0 saturated carbocycles. The number of likely N-dealkylation sites (tertiary alicyclic amines) is 1. The lowest BCUT2D eigenvalue weighted by molar-refractivity contribution is -0.143. The van der Waals surface area contributed by atoms with E-state index < -0.39 is 5.60 Å². The molecule has 4 heterocycles. The van der Waals surface area contributed by atoms with Crippen LogP contribution in [0.15, 0.2) is 41.2 Å². The molecule has 1 saturated heterocycles. The van der Waals surface area contributed by atoms with Crippen LogP contribution in [0.25, 0.3) is 21.7 Å². The van der Waals surface area contributed by atoms with Crippen LogP contribution in [0.3, 0.4) is 0 Å². The Balaban J connectivity index is 1.42. The topological polar surface area (TPSA) is 117 Å². The predicted octanol–water partition coefficient (Wildman–Crippen LogP) is 3.19. The minimum Gasteiger partial charge on any atom is -0.374 e. The number of fused-ring (bicyclic) bond motifs is 1. The summed E-state index contributed by atoms with van der Waals surface area (Å²) in [5.74, 6) is 0.0676. The van der Waals surface area contributed by atoms with E-state index in [2.05, 4.69) is 25.4 Å². The average Bonchev–Trinajstić information content (AvgIpc) is 3.45. The van der Waals surface area contributed by atoms with Crippen LogP contribution in [0.2, 0.25) is 5.15 Å². The average molecular weight is 443 g/mol. The number of nitrogens with one attached hydrogen (secondary N) is 1. The number of amides is 1. The van der Waals surface area contributed by atoms with Crippen LogP contribution in [0, 0.1) is 0 Å². The third-order valence-electron chi connectivity index (χ3n) is 4.99. The molecule has 1 atom stereocenters. The maximum Gasteiger partial charge on any atom is 0.260 e. The Kier molecular flexibility index (Phi) is 4.42. The fraction of sp³-hybridized carbons (Fsp3) is 0.211. The van der Waals surface area contributed by atoms with Crippen LogP contribution in [0.4, 0.5) is 10.8 Å². The van der Waals surface area contributed by atoms with Crippen molar-refractivity contribution in [3.05, 3.63) is 47.5 Å². The molecule has 0 bridgehead atoms. The zero-order chi connectivity index (χ0) is 20.9. The number of aliphatic hydroxyl groups is 1. The van der Waals surface area contributed by atoms with Crippen molar-refractivity contribution in [1.82, 2.24) is 25.0 Å². The SMILES string of the molecule is CN1CC[C@](O)(c2cc(-c3cccc(Nc4nc5c(Cl)ncnc5s4)c3)on2)C1=O. The van der Waals surface area contributed by atoms with Gasteiger partial charge in [-0.05, 0) is 12.1 Å². The van der Waals surface area contributed by atoms with E-state index in [9.17, 15) is 9.90 Å². The standard InChI is InChI=1S/C19H15ClN6O3S/c1-26-6-5-19(28,17(26)27)13-8-12(29-25-13)10-3-2-4-11(7-10)23-18-24-14-15(20)21-9-22-16(14)30-18/h2-4,7-9,28H,5-6H2,1H3,(H,23,24)/t19-/m0/s1. The molecule has 5 rings (SSSR count). The summed E-state index contributed by atoms with van der Waals surface area (Å²) in [6, 6.07) is 9.04. The largest absolute Gasteiger partial charge is 0.374 e. The highest BCUT2D eigenvalue weighted by atomic mass is 35.5. The summed E-state index contributed by atoms with van der Waals surface area (Å²) in [6.45, 7) is 0.466. The summed E-state index contributed by atoms with van der Waals surface area (Å²) in [5.41, 5.74) is 0.615. The molecule has 1 aromatic carbocycles. The summed E-state index contributed by atoms with van der Waals surface area (Å²) in [5, 5.41) is 18.8. The molecule has 3 aromatic heterocycles. The van der Waals surface area contributed by atoms with Gasteiger partial charge >= 0.3 is 0 Å². The summed E-state index contributed by atoms with van der Waals surface area (Å²) in [4.78, 5) is 27.0. The molecule has 1 aliphatic heterocycles. The van der Waals surface area contributed by atoms with Gasteiger partial charge in [-0.3, -0.25) is 4.79 Å². The number of carbonyl (C=O) groups is 1. The molecule has 152 valence electrons.